The highest BCUT2D eigenvalue weighted by atomic mass is 16.1. The molecule has 0 atom stereocenters. The van der Waals surface area contributed by atoms with Crippen molar-refractivity contribution in [3.63, 3.8) is 0 Å². The summed E-state index contributed by atoms with van der Waals surface area (Å²) in [5, 5.41) is 1.68. The molecule has 0 fully saturated rings. The summed E-state index contributed by atoms with van der Waals surface area (Å²) in [6.07, 6.45) is 3.51. The second kappa shape index (κ2) is 4.96. The highest BCUT2D eigenvalue weighted by Gasteiger charge is 2.20. The molecule has 1 aromatic carbocycles. The molecule has 1 aliphatic rings. The van der Waals surface area contributed by atoms with Gasteiger partial charge in [-0.1, -0.05) is 12.1 Å². The second-order valence-electron chi connectivity index (χ2n) is 6.06. The van der Waals surface area contributed by atoms with Crippen LogP contribution in [-0.4, -0.2) is 19.5 Å². The van der Waals surface area contributed by atoms with Crippen molar-refractivity contribution >= 4 is 21.9 Å². The smallest absolute Gasteiger partial charge is 0.261 e. The van der Waals surface area contributed by atoms with Crippen LogP contribution in [0.1, 0.15) is 12.0 Å². The van der Waals surface area contributed by atoms with Crippen molar-refractivity contribution < 1.29 is 0 Å². The van der Waals surface area contributed by atoms with E-state index < -0.39 is 0 Å². The molecule has 3 aromatic heterocycles. The zero-order chi connectivity index (χ0) is 16.1. The highest BCUT2D eigenvalue weighted by Crippen LogP contribution is 2.28. The summed E-state index contributed by atoms with van der Waals surface area (Å²) < 4.78 is 1.76. The zero-order valence-electron chi connectivity index (χ0n) is 12.9. The number of pyridine rings is 2. The van der Waals surface area contributed by atoms with Crippen LogP contribution in [0.2, 0.25) is 0 Å². The summed E-state index contributed by atoms with van der Waals surface area (Å²) >= 11 is 0. The van der Waals surface area contributed by atoms with Gasteiger partial charge in [0.25, 0.3) is 5.56 Å². The number of fused-ring (bicyclic) bond motifs is 5. The fraction of sp³-hybridized carbons (Fsp3) is 0.158. The normalized spacial score (nSPS) is 13.5. The van der Waals surface area contributed by atoms with Gasteiger partial charge < -0.3 is 0 Å². The maximum Gasteiger partial charge on any atom is 0.261 e. The molecule has 0 unspecified atom stereocenters. The van der Waals surface area contributed by atoms with Crippen molar-refractivity contribution in [2.75, 3.05) is 0 Å². The number of hydrogen-bond donors (Lipinski definition) is 0. The number of rotatable bonds is 0. The van der Waals surface area contributed by atoms with Crippen LogP contribution < -0.4 is 5.56 Å². The Balaban J connectivity index is 1.91. The van der Waals surface area contributed by atoms with E-state index in [-0.39, 0.29) is 5.56 Å². The first kappa shape index (κ1) is 13.4. The molecule has 5 rings (SSSR count). The standard InChI is InChI=1S/C19H14N4O/c24-19-14-7-1-2-8-15(14)21-18-16-12(6-4-10-23(18)19)11-13-5-3-9-20-17(13)22-16/h1-3,5,7-9,11H,4,6,10H2. The van der Waals surface area contributed by atoms with Crippen LogP contribution >= 0.6 is 0 Å². The first-order chi connectivity index (χ1) is 11.8. The molecule has 0 aliphatic carbocycles. The SMILES string of the molecule is O=c1c2ccccc2nc2n1CCCc1cc3cccnc3nc1-2. The maximum absolute atomic E-state index is 12.9. The molecule has 4 heterocycles. The second-order valence-corrected chi connectivity index (χ2v) is 6.06. The summed E-state index contributed by atoms with van der Waals surface area (Å²) in [5.41, 5.74) is 3.31. The number of benzene rings is 1. The van der Waals surface area contributed by atoms with Gasteiger partial charge in [-0.2, -0.15) is 0 Å². The number of hydrogen-bond acceptors (Lipinski definition) is 4. The summed E-state index contributed by atoms with van der Waals surface area (Å²) in [4.78, 5) is 26.7. The zero-order valence-corrected chi connectivity index (χ0v) is 12.9. The first-order valence-corrected chi connectivity index (χ1v) is 8.06. The summed E-state index contributed by atoms with van der Waals surface area (Å²) in [5.74, 6) is 0.652. The molecule has 0 bridgehead atoms. The molecule has 4 aromatic rings. The maximum atomic E-state index is 12.9. The van der Waals surface area contributed by atoms with Crippen molar-refractivity contribution in [1.29, 1.82) is 0 Å². The third kappa shape index (κ3) is 1.88. The van der Waals surface area contributed by atoms with E-state index in [4.69, 9.17) is 9.97 Å². The summed E-state index contributed by atoms with van der Waals surface area (Å²) in [7, 11) is 0. The fourth-order valence-corrected chi connectivity index (χ4v) is 3.42. The molecular formula is C19H14N4O. The van der Waals surface area contributed by atoms with Crippen LogP contribution in [0.3, 0.4) is 0 Å². The topological polar surface area (TPSA) is 60.7 Å². The van der Waals surface area contributed by atoms with Crippen molar-refractivity contribution in [2.24, 2.45) is 0 Å². The van der Waals surface area contributed by atoms with Gasteiger partial charge in [0, 0.05) is 18.1 Å². The van der Waals surface area contributed by atoms with Crippen LogP contribution in [-0.2, 0) is 13.0 Å². The molecule has 5 heteroatoms. The predicted octanol–water partition coefficient (Wildman–Crippen LogP) is 2.95. The van der Waals surface area contributed by atoms with Gasteiger partial charge in [0.15, 0.2) is 11.5 Å². The van der Waals surface area contributed by atoms with E-state index in [0.717, 1.165) is 29.5 Å². The minimum Gasteiger partial charge on any atom is -0.291 e. The Morgan fingerprint density at radius 3 is 2.92 bits per heavy atom. The lowest BCUT2D eigenvalue weighted by atomic mass is 10.1. The van der Waals surface area contributed by atoms with E-state index in [1.165, 1.54) is 0 Å². The predicted molar refractivity (Wildman–Crippen MR) is 92.9 cm³/mol. The van der Waals surface area contributed by atoms with E-state index in [0.29, 0.717) is 28.9 Å². The Morgan fingerprint density at radius 2 is 1.96 bits per heavy atom. The largest absolute Gasteiger partial charge is 0.291 e. The van der Waals surface area contributed by atoms with Crippen molar-refractivity contribution in [3.8, 4) is 11.5 Å². The van der Waals surface area contributed by atoms with Gasteiger partial charge in [0.2, 0.25) is 0 Å². The molecule has 5 nitrogen and oxygen atoms in total. The lowest BCUT2D eigenvalue weighted by Crippen LogP contribution is -2.23. The Kier molecular flexibility index (Phi) is 2.76. The third-order valence-electron chi connectivity index (χ3n) is 4.57. The molecule has 0 saturated carbocycles. The number of para-hydroxylation sites is 1. The van der Waals surface area contributed by atoms with Crippen LogP contribution in [0.4, 0.5) is 0 Å². The average molecular weight is 314 g/mol. The summed E-state index contributed by atoms with van der Waals surface area (Å²) in [6.45, 7) is 0.659. The van der Waals surface area contributed by atoms with Crippen LogP contribution in [0, 0.1) is 0 Å². The van der Waals surface area contributed by atoms with Crippen molar-refractivity contribution in [2.45, 2.75) is 19.4 Å². The number of aromatic nitrogens is 4. The quantitative estimate of drug-likeness (QED) is 0.501. The van der Waals surface area contributed by atoms with Gasteiger partial charge in [-0.15, -0.1) is 0 Å². The third-order valence-corrected chi connectivity index (χ3v) is 4.57. The van der Waals surface area contributed by atoms with Crippen molar-refractivity contribution in [1.82, 2.24) is 19.5 Å². The van der Waals surface area contributed by atoms with E-state index >= 15 is 0 Å². The van der Waals surface area contributed by atoms with Gasteiger partial charge in [0.05, 0.1) is 10.9 Å². The molecule has 0 N–H and O–H groups in total. The molecule has 116 valence electrons. The Labute approximate surface area is 137 Å². The van der Waals surface area contributed by atoms with E-state index in [1.807, 2.05) is 36.4 Å². The van der Waals surface area contributed by atoms with Crippen LogP contribution in [0.15, 0.2) is 53.5 Å². The first-order valence-electron chi connectivity index (χ1n) is 8.06. The Morgan fingerprint density at radius 1 is 1.04 bits per heavy atom. The number of nitrogens with zero attached hydrogens (tertiary/aromatic N) is 4. The molecule has 24 heavy (non-hydrogen) atoms. The van der Waals surface area contributed by atoms with Gasteiger partial charge in [0.1, 0.15) is 5.69 Å². The van der Waals surface area contributed by atoms with Crippen LogP contribution in [0.25, 0.3) is 33.5 Å². The van der Waals surface area contributed by atoms with Gasteiger partial charge >= 0.3 is 0 Å². The fourth-order valence-electron chi connectivity index (χ4n) is 3.42. The monoisotopic (exact) mass is 314 g/mol. The minimum atomic E-state index is 0.00590. The lowest BCUT2D eigenvalue weighted by Gasteiger charge is -2.11. The lowest BCUT2D eigenvalue weighted by molar-refractivity contribution is 0.638. The van der Waals surface area contributed by atoms with E-state index in [1.54, 1.807) is 10.8 Å². The Bertz CT molecular complexity index is 1160. The van der Waals surface area contributed by atoms with E-state index in [9.17, 15) is 4.79 Å². The average Bonchev–Trinajstić information content (AvgIpc) is 2.80. The van der Waals surface area contributed by atoms with Gasteiger partial charge in [-0.25, -0.2) is 15.0 Å². The highest BCUT2D eigenvalue weighted by molar-refractivity contribution is 5.82. The molecule has 0 amide bonds. The molecule has 0 radical (unpaired) electrons. The molecule has 1 aliphatic heterocycles. The minimum absolute atomic E-state index is 0.00590. The van der Waals surface area contributed by atoms with Gasteiger partial charge in [-0.3, -0.25) is 9.36 Å². The number of aryl methyl sites for hydroxylation is 1. The van der Waals surface area contributed by atoms with Crippen LogP contribution in [0.5, 0.6) is 0 Å². The Hall–Kier alpha value is -3.08. The molecule has 0 saturated heterocycles. The molecule has 0 spiro atoms. The van der Waals surface area contributed by atoms with E-state index in [2.05, 4.69) is 11.1 Å². The van der Waals surface area contributed by atoms with Crippen molar-refractivity contribution in [3.05, 3.63) is 64.6 Å². The molecular weight excluding hydrogens is 300 g/mol. The van der Waals surface area contributed by atoms with Gasteiger partial charge in [-0.05, 0) is 48.7 Å². The summed E-state index contributed by atoms with van der Waals surface area (Å²) in [6, 6.07) is 13.5.